The molecule has 0 aromatic heterocycles. The third-order valence-electron chi connectivity index (χ3n) is 7.04. The molecule has 0 bridgehead atoms. The zero-order valence-electron chi connectivity index (χ0n) is 21.2. The Bertz CT molecular complexity index is 1440. The van der Waals surface area contributed by atoms with Crippen molar-refractivity contribution in [3.05, 3.63) is 120 Å². The fraction of sp³-hybridized carbons (Fsp3) is 0.235. The van der Waals surface area contributed by atoms with Crippen molar-refractivity contribution in [3.8, 4) is 12.3 Å². The first-order chi connectivity index (χ1) is 18.3. The normalized spacial score (nSPS) is 16.8. The van der Waals surface area contributed by atoms with Crippen LogP contribution >= 0.6 is 0 Å². The summed E-state index contributed by atoms with van der Waals surface area (Å²) >= 11 is 0. The van der Waals surface area contributed by atoms with E-state index in [1.54, 1.807) is 13.4 Å². The number of hydrogen-bond donors (Lipinski definition) is 0. The van der Waals surface area contributed by atoms with Crippen LogP contribution < -0.4 is 0 Å². The van der Waals surface area contributed by atoms with Crippen molar-refractivity contribution >= 4 is 21.5 Å². The SMILES string of the molecule is C#Cc1ccc(C(COC)OC2CCc3c(ccc4c3ccc3ccccc34)C2)cc1.C1=CCOC=C1. The van der Waals surface area contributed by atoms with Gasteiger partial charge in [0.2, 0.25) is 0 Å². The fourth-order valence-electron chi connectivity index (χ4n) is 5.19. The molecule has 0 amide bonds. The molecule has 0 saturated heterocycles. The van der Waals surface area contributed by atoms with Gasteiger partial charge < -0.3 is 14.2 Å². The summed E-state index contributed by atoms with van der Waals surface area (Å²) in [7, 11) is 1.72. The molecule has 1 aliphatic heterocycles. The first-order valence-electron chi connectivity index (χ1n) is 12.8. The van der Waals surface area contributed by atoms with E-state index in [1.165, 1.54) is 32.7 Å². The average Bonchev–Trinajstić information content (AvgIpc) is 2.98. The van der Waals surface area contributed by atoms with E-state index in [-0.39, 0.29) is 12.2 Å². The number of ether oxygens (including phenoxy) is 3. The largest absolute Gasteiger partial charge is 0.497 e. The summed E-state index contributed by atoms with van der Waals surface area (Å²) in [6, 6.07) is 25.8. The third-order valence-corrected chi connectivity index (χ3v) is 7.04. The Labute approximate surface area is 219 Å². The molecule has 1 heterocycles. The molecule has 186 valence electrons. The summed E-state index contributed by atoms with van der Waals surface area (Å²) < 4.78 is 16.8. The number of allylic oxidation sites excluding steroid dienone is 2. The number of fused-ring (bicyclic) bond motifs is 5. The van der Waals surface area contributed by atoms with Crippen molar-refractivity contribution in [2.75, 3.05) is 20.3 Å². The molecule has 0 N–H and O–H groups in total. The maximum atomic E-state index is 6.55. The van der Waals surface area contributed by atoms with Gasteiger partial charge in [-0.15, -0.1) is 6.42 Å². The van der Waals surface area contributed by atoms with Gasteiger partial charge in [-0.25, -0.2) is 0 Å². The molecule has 4 aromatic rings. The molecule has 2 atom stereocenters. The summed E-state index contributed by atoms with van der Waals surface area (Å²) in [5.74, 6) is 2.67. The monoisotopic (exact) mass is 488 g/mol. The van der Waals surface area contributed by atoms with Gasteiger partial charge in [-0.05, 0) is 81.8 Å². The predicted octanol–water partition coefficient (Wildman–Crippen LogP) is 7.32. The second-order valence-corrected chi connectivity index (χ2v) is 9.39. The Morgan fingerprint density at radius 2 is 1.78 bits per heavy atom. The fourth-order valence-corrected chi connectivity index (χ4v) is 5.19. The maximum absolute atomic E-state index is 6.55. The van der Waals surface area contributed by atoms with Crippen LogP contribution in [0.3, 0.4) is 0 Å². The van der Waals surface area contributed by atoms with E-state index in [1.807, 2.05) is 42.5 Å². The van der Waals surface area contributed by atoms with Crippen molar-refractivity contribution in [2.45, 2.75) is 31.5 Å². The van der Waals surface area contributed by atoms with Crippen molar-refractivity contribution < 1.29 is 14.2 Å². The molecular formula is C34H32O3. The highest BCUT2D eigenvalue weighted by molar-refractivity contribution is 6.08. The minimum absolute atomic E-state index is 0.0900. The molecule has 37 heavy (non-hydrogen) atoms. The Balaban J connectivity index is 0.000000412. The van der Waals surface area contributed by atoms with Gasteiger partial charge in [0.1, 0.15) is 12.7 Å². The van der Waals surface area contributed by atoms with Crippen molar-refractivity contribution in [1.29, 1.82) is 0 Å². The Hall–Kier alpha value is -3.84. The maximum Gasteiger partial charge on any atom is 0.106 e. The standard InChI is InChI=1S/C29H26O2.C5H6O/c1-3-20-8-10-22(11-9-20)29(19-30-2)31-24-14-17-26-23(18-24)13-16-27-25-7-5-4-6-21(25)12-15-28(26)27;1-2-4-6-5-3-1/h1,4-13,15-16,24,29H,14,17-19H2,2H3;1-4H,5H2. The molecule has 3 nitrogen and oxygen atoms in total. The number of terminal acetylenes is 1. The van der Waals surface area contributed by atoms with Crippen LogP contribution in [0, 0.1) is 12.3 Å². The summed E-state index contributed by atoms with van der Waals surface area (Å²) in [6.45, 7) is 1.26. The molecule has 0 radical (unpaired) electrons. The summed E-state index contributed by atoms with van der Waals surface area (Å²) in [5, 5.41) is 5.36. The lowest BCUT2D eigenvalue weighted by Gasteiger charge is -2.30. The van der Waals surface area contributed by atoms with Crippen molar-refractivity contribution in [1.82, 2.24) is 0 Å². The van der Waals surface area contributed by atoms with Crippen molar-refractivity contribution in [3.63, 3.8) is 0 Å². The lowest BCUT2D eigenvalue weighted by atomic mass is 9.85. The van der Waals surface area contributed by atoms with E-state index in [9.17, 15) is 0 Å². The highest BCUT2D eigenvalue weighted by Gasteiger charge is 2.25. The van der Waals surface area contributed by atoms with Crippen LogP contribution in [0.25, 0.3) is 21.5 Å². The minimum atomic E-state index is -0.0900. The van der Waals surface area contributed by atoms with Gasteiger partial charge in [0, 0.05) is 12.7 Å². The number of aryl methyl sites for hydroxylation is 1. The molecule has 2 aliphatic rings. The second kappa shape index (κ2) is 11.9. The molecule has 6 rings (SSSR count). The van der Waals surface area contributed by atoms with Crippen LogP contribution in [-0.2, 0) is 27.1 Å². The molecule has 3 heteroatoms. The van der Waals surface area contributed by atoms with E-state index in [0.717, 1.165) is 37.0 Å². The van der Waals surface area contributed by atoms with Crippen LogP contribution in [0.2, 0.25) is 0 Å². The zero-order chi connectivity index (χ0) is 25.5. The third kappa shape index (κ3) is 5.78. The average molecular weight is 489 g/mol. The highest BCUT2D eigenvalue weighted by Crippen LogP contribution is 2.35. The van der Waals surface area contributed by atoms with Crippen LogP contribution in [0.4, 0.5) is 0 Å². The van der Waals surface area contributed by atoms with E-state index in [2.05, 4.69) is 54.5 Å². The van der Waals surface area contributed by atoms with E-state index < -0.39 is 0 Å². The Kier molecular flexibility index (Phi) is 8.01. The molecular weight excluding hydrogens is 456 g/mol. The van der Waals surface area contributed by atoms with E-state index in [4.69, 9.17) is 20.6 Å². The topological polar surface area (TPSA) is 27.7 Å². The van der Waals surface area contributed by atoms with E-state index in [0.29, 0.717) is 6.61 Å². The smallest absolute Gasteiger partial charge is 0.106 e. The van der Waals surface area contributed by atoms with Crippen LogP contribution in [0.15, 0.2) is 97.3 Å². The first-order valence-corrected chi connectivity index (χ1v) is 12.8. The van der Waals surface area contributed by atoms with Gasteiger partial charge in [0.05, 0.1) is 19.0 Å². The number of rotatable bonds is 5. The molecule has 0 spiro atoms. The molecule has 2 unspecified atom stereocenters. The van der Waals surface area contributed by atoms with Crippen LogP contribution in [-0.4, -0.2) is 26.4 Å². The highest BCUT2D eigenvalue weighted by atomic mass is 16.5. The zero-order valence-corrected chi connectivity index (χ0v) is 21.2. The summed E-state index contributed by atoms with van der Waals surface area (Å²) in [5.41, 5.74) is 4.87. The van der Waals surface area contributed by atoms with Gasteiger partial charge in [0.15, 0.2) is 0 Å². The second-order valence-electron chi connectivity index (χ2n) is 9.39. The predicted molar refractivity (Wildman–Crippen MR) is 152 cm³/mol. The minimum Gasteiger partial charge on any atom is -0.497 e. The van der Waals surface area contributed by atoms with Gasteiger partial charge in [-0.1, -0.05) is 72.7 Å². The number of benzene rings is 4. The molecule has 1 aliphatic carbocycles. The molecule has 0 fully saturated rings. The van der Waals surface area contributed by atoms with E-state index >= 15 is 0 Å². The van der Waals surface area contributed by atoms with Gasteiger partial charge in [-0.3, -0.25) is 0 Å². The van der Waals surface area contributed by atoms with Crippen LogP contribution in [0.5, 0.6) is 0 Å². The molecule has 0 saturated carbocycles. The number of methoxy groups -OCH3 is 1. The lowest BCUT2D eigenvalue weighted by Crippen LogP contribution is -2.26. The lowest BCUT2D eigenvalue weighted by molar-refractivity contribution is -0.0547. The Morgan fingerprint density at radius 3 is 2.49 bits per heavy atom. The van der Waals surface area contributed by atoms with Crippen LogP contribution in [0.1, 0.15) is 34.8 Å². The summed E-state index contributed by atoms with van der Waals surface area (Å²) in [4.78, 5) is 0. The number of hydrogen-bond acceptors (Lipinski definition) is 3. The first kappa shape index (κ1) is 24.8. The van der Waals surface area contributed by atoms with Gasteiger partial charge >= 0.3 is 0 Å². The quantitative estimate of drug-likeness (QED) is 0.218. The van der Waals surface area contributed by atoms with Gasteiger partial charge in [-0.2, -0.15) is 0 Å². The van der Waals surface area contributed by atoms with Crippen molar-refractivity contribution in [2.24, 2.45) is 0 Å². The summed E-state index contributed by atoms with van der Waals surface area (Å²) in [6.07, 6.45) is 16.0. The molecule has 4 aromatic carbocycles. The van der Waals surface area contributed by atoms with Gasteiger partial charge in [0.25, 0.3) is 0 Å². The Morgan fingerprint density at radius 1 is 0.946 bits per heavy atom.